The van der Waals surface area contributed by atoms with Gasteiger partial charge in [0.25, 0.3) is 0 Å². The molecule has 2 nitrogen and oxygen atoms in total. The van der Waals surface area contributed by atoms with E-state index >= 15 is 0 Å². The monoisotopic (exact) mass is 304 g/mol. The second-order valence-electron chi connectivity index (χ2n) is 6.09. The summed E-state index contributed by atoms with van der Waals surface area (Å²) in [6.45, 7) is 2.27. The highest BCUT2D eigenvalue weighted by Crippen LogP contribution is 2.17. The van der Waals surface area contributed by atoms with Crippen LogP contribution in [0.3, 0.4) is 0 Å². The van der Waals surface area contributed by atoms with Gasteiger partial charge in [-0.3, -0.25) is 4.57 Å². The van der Waals surface area contributed by atoms with E-state index in [1.807, 2.05) is 0 Å². The van der Waals surface area contributed by atoms with Crippen molar-refractivity contribution in [3.63, 3.8) is 0 Å². The van der Waals surface area contributed by atoms with Crippen molar-refractivity contribution in [2.24, 2.45) is 0 Å². The third-order valence-electron chi connectivity index (χ3n) is 3.99. The predicted octanol–water partition coefficient (Wildman–Crippen LogP) is 6.32. The molecule has 0 aromatic heterocycles. The van der Waals surface area contributed by atoms with Gasteiger partial charge < -0.3 is 4.89 Å². The van der Waals surface area contributed by atoms with Crippen molar-refractivity contribution >= 4 is 8.03 Å². The van der Waals surface area contributed by atoms with E-state index < -0.39 is 8.03 Å². The fourth-order valence-electron chi connectivity index (χ4n) is 2.65. The van der Waals surface area contributed by atoms with Crippen LogP contribution in [0.15, 0.2) is 0 Å². The first-order valence-corrected chi connectivity index (χ1v) is 10.6. The highest BCUT2D eigenvalue weighted by molar-refractivity contribution is 7.37. The van der Waals surface area contributed by atoms with Gasteiger partial charge in [0.05, 0.1) is 0 Å². The lowest BCUT2D eigenvalue weighted by Crippen LogP contribution is -1.84. The number of unbranched alkanes of at least 4 members (excludes halogenated alkanes) is 14. The van der Waals surface area contributed by atoms with Gasteiger partial charge in [0.1, 0.15) is 0 Å². The first-order chi connectivity index (χ1) is 9.77. The number of hydrogen-bond donors (Lipinski definition) is 1. The molecule has 0 fully saturated rings. The summed E-state index contributed by atoms with van der Waals surface area (Å²) in [5, 5.41) is 0. The largest absolute Gasteiger partial charge is 0.346 e. The normalized spacial score (nSPS) is 12.7. The lowest BCUT2D eigenvalue weighted by Gasteiger charge is -2.03. The maximum Gasteiger partial charge on any atom is 0.189 e. The first-order valence-electron chi connectivity index (χ1n) is 8.99. The quantitative estimate of drug-likeness (QED) is 0.267. The molecule has 0 spiro atoms. The summed E-state index contributed by atoms with van der Waals surface area (Å²) >= 11 is 0. The summed E-state index contributed by atoms with van der Waals surface area (Å²) in [4.78, 5) is 8.70. The molecule has 0 radical (unpaired) electrons. The lowest BCUT2D eigenvalue weighted by molar-refractivity contribution is 0.497. The standard InChI is InChI=1S/C17H37O2P/c1-2-3-4-5-6-7-8-9-10-11-12-13-14-15-16-17-20(18)19/h20H,2-17H2,1H3,(H,18,19). The molecule has 1 unspecified atom stereocenters. The van der Waals surface area contributed by atoms with Crippen molar-refractivity contribution in [1.29, 1.82) is 0 Å². The summed E-state index contributed by atoms with van der Waals surface area (Å²) in [5.41, 5.74) is 0. The van der Waals surface area contributed by atoms with Gasteiger partial charge in [-0.1, -0.05) is 96.8 Å². The Balaban J connectivity index is 2.94. The second-order valence-corrected chi connectivity index (χ2v) is 7.38. The van der Waals surface area contributed by atoms with Crippen molar-refractivity contribution in [2.45, 2.75) is 103 Å². The molecule has 122 valence electrons. The van der Waals surface area contributed by atoms with E-state index in [1.165, 1.54) is 83.5 Å². The Hall–Kier alpha value is 0.190. The molecule has 0 rings (SSSR count). The maximum atomic E-state index is 10.5. The van der Waals surface area contributed by atoms with Gasteiger partial charge in [0.2, 0.25) is 0 Å². The zero-order valence-corrected chi connectivity index (χ0v) is 14.7. The Morgan fingerprint density at radius 1 is 0.600 bits per heavy atom. The predicted molar refractivity (Wildman–Crippen MR) is 91.0 cm³/mol. The molecule has 0 aromatic rings. The van der Waals surface area contributed by atoms with E-state index in [0.29, 0.717) is 6.16 Å². The highest BCUT2D eigenvalue weighted by atomic mass is 31.1. The number of rotatable bonds is 16. The van der Waals surface area contributed by atoms with Crippen LogP contribution in [0.5, 0.6) is 0 Å². The molecule has 0 amide bonds. The minimum Gasteiger partial charge on any atom is -0.346 e. The Morgan fingerprint density at radius 3 is 1.20 bits per heavy atom. The Morgan fingerprint density at radius 2 is 0.900 bits per heavy atom. The molecule has 0 bridgehead atoms. The SMILES string of the molecule is CCCCCCCCCCCCCCCCC[PH](=O)O. The van der Waals surface area contributed by atoms with Crippen LogP contribution in [-0.2, 0) is 4.57 Å². The Labute approximate surface area is 127 Å². The van der Waals surface area contributed by atoms with E-state index in [-0.39, 0.29) is 0 Å². The van der Waals surface area contributed by atoms with E-state index in [2.05, 4.69) is 6.92 Å². The minimum atomic E-state index is -2.20. The summed E-state index contributed by atoms with van der Waals surface area (Å²) < 4.78 is 10.5. The van der Waals surface area contributed by atoms with Crippen molar-refractivity contribution in [2.75, 3.05) is 6.16 Å². The smallest absolute Gasteiger partial charge is 0.189 e. The molecule has 1 atom stereocenters. The van der Waals surface area contributed by atoms with Crippen molar-refractivity contribution in [3.05, 3.63) is 0 Å². The van der Waals surface area contributed by atoms with E-state index in [1.54, 1.807) is 0 Å². The van der Waals surface area contributed by atoms with Crippen LogP contribution in [0.4, 0.5) is 0 Å². The lowest BCUT2D eigenvalue weighted by atomic mass is 10.0. The Kier molecular flexibility index (Phi) is 17.4. The molecule has 0 aliphatic heterocycles. The van der Waals surface area contributed by atoms with Crippen LogP contribution < -0.4 is 0 Å². The Bertz CT molecular complexity index is 207. The number of hydrogen-bond acceptors (Lipinski definition) is 1. The fraction of sp³-hybridized carbons (Fsp3) is 1.00. The second kappa shape index (κ2) is 17.2. The molecule has 3 heteroatoms. The highest BCUT2D eigenvalue weighted by Gasteiger charge is 1.95. The van der Waals surface area contributed by atoms with Gasteiger partial charge in [0, 0.05) is 6.16 Å². The fourth-order valence-corrected chi connectivity index (χ4v) is 3.20. The van der Waals surface area contributed by atoms with Crippen LogP contribution in [0, 0.1) is 0 Å². The molecular formula is C17H37O2P. The van der Waals surface area contributed by atoms with Gasteiger partial charge in [0.15, 0.2) is 8.03 Å². The third kappa shape index (κ3) is 18.2. The molecule has 0 saturated carbocycles. The average molecular weight is 304 g/mol. The van der Waals surface area contributed by atoms with Crippen LogP contribution in [0.1, 0.15) is 103 Å². The van der Waals surface area contributed by atoms with Crippen molar-refractivity contribution in [3.8, 4) is 0 Å². The molecule has 0 aliphatic rings. The van der Waals surface area contributed by atoms with Crippen molar-refractivity contribution in [1.82, 2.24) is 0 Å². The van der Waals surface area contributed by atoms with Gasteiger partial charge >= 0.3 is 0 Å². The van der Waals surface area contributed by atoms with E-state index in [9.17, 15) is 4.57 Å². The van der Waals surface area contributed by atoms with Gasteiger partial charge in [-0.05, 0) is 6.42 Å². The van der Waals surface area contributed by atoms with Gasteiger partial charge in [-0.2, -0.15) is 0 Å². The molecule has 0 heterocycles. The molecule has 0 saturated heterocycles. The first kappa shape index (κ1) is 20.2. The minimum absolute atomic E-state index is 0.531. The topological polar surface area (TPSA) is 37.3 Å². The third-order valence-corrected chi connectivity index (χ3v) is 4.78. The zero-order valence-electron chi connectivity index (χ0n) is 13.7. The van der Waals surface area contributed by atoms with Crippen LogP contribution >= 0.6 is 8.03 Å². The summed E-state index contributed by atoms with van der Waals surface area (Å²) in [6, 6.07) is 0. The van der Waals surface area contributed by atoms with E-state index in [0.717, 1.165) is 12.8 Å². The van der Waals surface area contributed by atoms with Gasteiger partial charge in [-0.15, -0.1) is 0 Å². The van der Waals surface area contributed by atoms with Crippen LogP contribution in [0.25, 0.3) is 0 Å². The average Bonchev–Trinajstić information content (AvgIpc) is 2.43. The summed E-state index contributed by atoms with van der Waals surface area (Å²) in [6.07, 6.45) is 20.6. The molecular weight excluding hydrogens is 267 g/mol. The van der Waals surface area contributed by atoms with Crippen LogP contribution in [0.2, 0.25) is 0 Å². The zero-order chi connectivity index (χ0) is 14.9. The molecule has 20 heavy (non-hydrogen) atoms. The molecule has 0 aromatic carbocycles. The van der Waals surface area contributed by atoms with Gasteiger partial charge in [-0.25, -0.2) is 0 Å². The summed E-state index contributed by atoms with van der Waals surface area (Å²) in [7, 11) is -2.20. The summed E-state index contributed by atoms with van der Waals surface area (Å²) in [5.74, 6) is 0. The van der Waals surface area contributed by atoms with Crippen LogP contribution in [-0.4, -0.2) is 11.1 Å². The van der Waals surface area contributed by atoms with E-state index in [4.69, 9.17) is 4.89 Å². The molecule has 1 N–H and O–H groups in total. The molecule has 0 aliphatic carbocycles. The maximum absolute atomic E-state index is 10.5. The van der Waals surface area contributed by atoms with Crippen molar-refractivity contribution < 1.29 is 9.46 Å².